The molecule has 18 heavy (non-hydrogen) atoms. The van der Waals surface area contributed by atoms with Gasteiger partial charge in [-0.25, -0.2) is 20.2 Å². The molecule has 13 heteroatoms. The molecule has 0 unspecified atom stereocenters. The molecule has 1 aliphatic heterocycles. The first kappa shape index (κ1) is 13.3. The van der Waals surface area contributed by atoms with Gasteiger partial charge in [0.25, 0.3) is 5.09 Å². The van der Waals surface area contributed by atoms with E-state index in [0.29, 0.717) is 5.01 Å². The SMILES string of the molecule is O=[N+]([O-])/N=C1\N(CCO[N+](=O)[O-])CCN1[N+](=O)[O-]. The molecule has 1 rings (SSSR count). The minimum atomic E-state index is -1.07. The molecule has 0 aromatic rings. The molecule has 0 bridgehead atoms. The van der Waals surface area contributed by atoms with E-state index < -0.39 is 21.1 Å². The van der Waals surface area contributed by atoms with Crippen LogP contribution < -0.4 is 0 Å². The Balaban J connectivity index is 2.70. The van der Waals surface area contributed by atoms with Crippen LogP contribution in [0.3, 0.4) is 0 Å². The van der Waals surface area contributed by atoms with Crippen LogP contribution in [-0.2, 0) is 4.84 Å². The topological polar surface area (TPSA) is 157 Å². The van der Waals surface area contributed by atoms with E-state index in [9.17, 15) is 30.3 Å². The first-order valence-corrected chi connectivity index (χ1v) is 4.59. The average molecular weight is 264 g/mol. The number of hydrazine groups is 1. The van der Waals surface area contributed by atoms with Crippen molar-refractivity contribution in [3.05, 3.63) is 30.3 Å². The first-order valence-electron chi connectivity index (χ1n) is 4.59. The molecule has 0 aromatic heterocycles. The van der Waals surface area contributed by atoms with Crippen LogP contribution in [0.1, 0.15) is 0 Å². The standard InChI is InChI=1S/C5H8N6O7/c12-9(13)6-5-7(3-4-18-11(16)17)1-2-8(5)10(14)15/h1-4H2/b6-5+. The summed E-state index contributed by atoms with van der Waals surface area (Å²) < 4.78 is 0. The van der Waals surface area contributed by atoms with Crippen LogP contribution in [0.2, 0.25) is 0 Å². The van der Waals surface area contributed by atoms with E-state index >= 15 is 0 Å². The van der Waals surface area contributed by atoms with Crippen LogP contribution in [0.25, 0.3) is 0 Å². The van der Waals surface area contributed by atoms with Gasteiger partial charge in [0.15, 0.2) is 10.1 Å². The maximum absolute atomic E-state index is 10.6. The Labute approximate surface area is 98.6 Å². The van der Waals surface area contributed by atoms with Gasteiger partial charge in [-0.15, -0.1) is 10.1 Å². The van der Waals surface area contributed by atoms with E-state index in [0.717, 1.165) is 4.90 Å². The maximum Gasteiger partial charge on any atom is 0.334 e. The predicted octanol–water partition coefficient (Wildman–Crippen LogP) is -1.45. The second kappa shape index (κ2) is 5.55. The van der Waals surface area contributed by atoms with E-state index in [1.165, 1.54) is 0 Å². The first-order chi connectivity index (χ1) is 8.41. The number of hydrogen-bond acceptors (Lipinski definition) is 7. The van der Waals surface area contributed by atoms with Crippen LogP contribution in [-0.4, -0.2) is 57.3 Å². The zero-order valence-corrected chi connectivity index (χ0v) is 8.87. The average Bonchev–Trinajstić information content (AvgIpc) is 2.60. The van der Waals surface area contributed by atoms with Gasteiger partial charge >= 0.3 is 5.96 Å². The highest BCUT2D eigenvalue weighted by Gasteiger charge is 2.37. The van der Waals surface area contributed by atoms with Gasteiger partial charge in [0.1, 0.15) is 18.3 Å². The van der Waals surface area contributed by atoms with E-state index in [-0.39, 0.29) is 26.2 Å². The Bertz CT molecular complexity index is 396. The number of nitrogens with zero attached hydrogens (tertiary/aromatic N) is 6. The third-order valence-electron chi connectivity index (χ3n) is 2.02. The summed E-state index contributed by atoms with van der Waals surface area (Å²) in [6.45, 7) is -0.486. The van der Waals surface area contributed by atoms with Crippen molar-refractivity contribution in [3.8, 4) is 0 Å². The molecule has 1 heterocycles. The fraction of sp³-hybridized carbons (Fsp3) is 0.800. The summed E-state index contributed by atoms with van der Waals surface area (Å²) in [6, 6.07) is 0. The van der Waals surface area contributed by atoms with Crippen molar-refractivity contribution >= 4 is 5.96 Å². The summed E-state index contributed by atoms with van der Waals surface area (Å²) in [5.41, 5.74) is 0. The van der Waals surface area contributed by atoms with Gasteiger partial charge in [0, 0.05) is 13.1 Å². The molecule has 0 radical (unpaired) electrons. The fourth-order valence-electron chi connectivity index (χ4n) is 1.36. The van der Waals surface area contributed by atoms with Crippen molar-refractivity contribution in [2.45, 2.75) is 0 Å². The summed E-state index contributed by atoms with van der Waals surface area (Å²) >= 11 is 0. The highest BCUT2D eigenvalue weighted by molar-refractivity contribution is 5.80. The Morgan fingerprint density at radius 1 is 1.22 bits per heavy atom. The minimum Gasteiger partial charge on any atom is -0.329 e. The fourth-order valence-corrected chi connectivity index (χ4v) is 1.36. The van der Waals surface area contributed by atoms with Crippen LogP contribution in [0.4, 0.5) is 0 Å². The highest BCUT2D eigenvalue weighted by atomic mass is 16.9. The lowest BCUT2D eigenvalue weighted by Crippen LogP contribution is -2.39. The van der Waals surface area contributed by atoms with Crippen molar-refractivity contribution < 1.29 is 20.0 Å². The van der Waals surface area contributed by atoms with Gasteiger partial charge in [-0.1, -0.05) is 5.01 Å². The molecule has 0 saturated carbocycles. The molecule has 0 atom stereocenters. The summed E-state index contributed by atoms with van der Waals surface area (Å²) in [5, 5.41) is 31.2. The quantitative estimate of drug-likeness (QED) is 0.413. The Morgan fingerprint density at radius 3 is 2.39 bits per heavy atom. The van der Waals surface area contributed by atoms with Gasteiger partial charge < -0.3 is 9.74 Å². The lowest BCUT2D eigenvalue weighted by molar-refractivity contribution is -0.757. The second-order valence-electron chi connectivity index (χ2n) is 3.04. The molecule has 1 saturated heterocycles. The Kier molecular flexibility index (Phi) is 4.11. The van der Waals surface area contributed by atoms with Crippen LogP contribution in [0.15, 0.2) is 5.10 Å². The summed E-state index contributed by atoms with van der Waals surface area (Å²) in [5.74, 6) is -0.475. The molecule has 100 valence electrons. The molecule has 0 spiro atoms. The van der Waals surface area contributed by atoms with Crippen LogP contribution in [0.5, 0.6) is 0 Å². The second-order valence-corrected chi connectivity index (χ2v) is 3.04. The molecule has 1 aliphatic rings. The highest BCUT2D eigenvalue weighted by Crippen LogP contribution is 2.08. The normalized spacial score (nSPS) is 17.0. The summed E-state index contributed by atoms with van der Waals surface area (Å²) in [6.07, 6.45) is 0. The smallest absolute Gasteiger partial charge is 0.329 e. The number of hydrazone groups is 1. The van der Waals surface area contributed by atoms with Gasteiger partial charge in [-0.05, 0) is 0 Å². The molecule has 0 amide bonds. The van der Waals surface area contributed by atoms with Crippen molar-refractivity contribution in [1.29, 1.82) is 0 Å². The van der Waals surface area contributed by atoms with Gasteiger partial charge in [0.2, 0.25) is 0 Å². The minimum absolute atomic E-state index is 0.0920. The lowest BCUT2D eigenvalue weighted by Gasteiger charge is -2.14. The Hall–Kier alpha value is -2.73. The molecular weight excluding hydrogens is 256 g/mol. The largest absolute Gasteiger partial charge is 0.334 e. The van der Waals surface area contributed by atoms with E-state index in [4.69, 9.17) is 0 Å². The monoisotopic (exact) mass is 264 g/mol. The van der Waals surface area contributed by atoms with Crippen LogP contribution in [0, 0.1) is 30.3 Å². The third-order valence-corrected chi connectivity index (χ3v) is 2.02. The summed E-state index contributed by atoms with van der Waals surface area (Å²) in [4.78, 5) is 35.9. The number of hydrogen-bond donors (Lipinski definition) is 0. The summed E-state index contributed by atoms with van der Waals surface area (Å²) in [7, 11) is 0. The molecular formula is C5H8N6O7. The van der Waals surface area contributed by atoms with Crippen molar-refractivity contribution in [2.24, 2.45) is 5.10 Å². The third kappa shape index (κ3) is 3.39. The zero-order valence-electron chi connectivity index (χ0n) is 8.87. The maximum atomic E-state index is 10.6. The molecule has 0 aliphatic carbocycles. The lowest BCUT2D eigenvalue weighted by atomic mass is 10.5. The van der Waals surface area contributed by atoms with Gasteiger partial charge in [-0.3, -0.25) is 0 Å². The van der Waals surface area contributed by atoms with Crippen molar-refractivity contribution in [2.75, 3.05) is 26.2 Å². The Morgan fingerprint density at radius 2 is 1.89 bits per heavy atom. The number of guanidine groups is 1. The van der Waals surface area contributed by atoms with E-state index in [1.54, 1.807) is 0 Å². The van der Waals surface area contributed by atoms with Crippen LogP contribution >= 0.6 is 0 Å². The number of nitro groups is 2. The van der Waals surface area contributed by atoms with E-state index in [2.05, 4.69) is 9.94 Å². The molecule has 1 fully saturated rings. The van der Waals surface area contributed by atoms with Gasteiger partial charge in [0.05, 0.1) is 0 Å². The van der Waals surface area contributed by atoms with Crippen molar-refractivity contribution in [1.82, 2.24) is 9.91 Å². The molecule has 0 N–H and O–H groups in total. The van der Waals surface area contributed by atoms with Gasteiger partial charge in [-0.2, -0.15) is 0 Å². The molecule has 13 nitrogen and oxygen atoms in total. The zero-order chi connectivity index (χ0) is 13.7. The molecule has 0 aromatic carbocycles. The number of rotatable bonds is 6. The predicted molar refractivity (Wildman–Crippen MR) is 52.6 cm³/mol. The van der Waals surface area contributed by atoms with Crippen molar-refractivity contribution in [3.63, 3.8) is 0 Å². The van der Waals surface area contributed by atoms with E-state index in [1.807, 2.05) is 0 Å².